The summed E-state index contributed by atoms with van der Waals surface area (Å²) in [5.41, 5.74) is 0.742. The van der Waals surface area contributed by atoms with Gasteiger partial charge in [-0.1, -0.05) is 18.2 Å². The van der Waals surface area contributed by atoms with Crippen molar-refractivity contribution >= 4 is 5.91 Å². The molecule has 0 saturated carbocycles. The number of carbonyl (C=O) groups excluding carboxylic acids is 1. The van der Waals surface area contributed by atoms with Crippen molar-refractivity contribution in [3.63, 3.8) is 0 Å². The van der Waals surface area contributed by atoms with E-state index in [4.69, 9.17) is 0 Å². The van der Waals surface area contributed by atoms with E-state index >= 15 is 0 Å². The second-order valence-corrected chi connectivity index (χ2v) is 4.29. The predicted molar refractivity (Wildman–Crippen MR) is 64.4 cm³/mol. The van der Waals surface area contributed by atoms with Crippen LogP contribution in [0.1, 0.15) is 23.2 Å². The normalized spacial score (nSPS) is 20.4. The van der Waals surface area contributed by atoms with Crippen molar-refractivity contribution in [2.45, 2.75) is 12.8 Å². The highest BCUT2D eigenvalue weighted by molar-refractivity contribution is 5.94. The summed E-state index contributed by atoms with van der Waals surface area (Å²) in [6.45, 7) is 2.92. The van der Waals surface area contributed by atoms with Crippen LogP contribution in [0.4, 0.5) is 0 Å². The Hall–Kier alpha value is -1.35. The molecule has 2 rings (SSSR count). The monoisotopic (exact) mass is 218 g/mol. The molecule has 3 heteroatoms. The van der Waals surface area contributed by atoms with E-state index in [1.807, 2.05) is 30.3 Å². The van der Waals surface area contributed by atoms with Crippen molar-refractivity contribution in [3.8, 4) is 0 Å². The van der Waals surface area contributed by atoms with Gasteiger partial charge in [-0.15, -0.1) is 0 Å². The van der Waals surface area contributed by atoms with Crippen LogP contribution in [0, 0.1) is 5.92 Å². The molecule has 1 aliphatic rings. The van der Waals surface area contributed by atoms with Crippen LogP contribution in [0.15, 0.2) is 30.3 Å². The number of carbonyl (C=O) groups is 1. The maximum atomic E-state index is 11.8. The Labute approximate surface area is 96.2 Å². The third-order valence-corrected chi connectivity index (χ3v) is 2.99. The van der Waals surface area contributed by atoms with Crippen molar-refractivity contribution in [2.24, 2.45) is 5.92 Å². The van der Waals surface area contributed by atoms with E-state index in [0.29, 0.717) is 5.92 Å². The molecule has 1 unspecified atom stereocenters. The Morgan fingerprint density at radius 2 is 2.19 bits per heavy atom. The Bertz CT molecular complexity index is 331. The molecule has 3 nitrogen and oxygen atoms in total. The SMILES string of the molecule is O=C(NCC1CCCNC1)c1ccccc1. The molecule has 1 aromatic rings. The summed E-state index contributed by atoms with van der Waals surface area (Å²) in [6.07, 6.45) is 2.42. The lowest BCUT2D eigenvalue weighted by atomic mass is 10.00. The van der Waals surface area contributed by atoms with E-state index in [2.05, 4.69) is 10.6 Å². The largest absolute Gasteiger partial charge is 0.352 e. The van der Waals surface area contributed by atoms with Gasteiger partial charge in [-0.05, 0) is 44.0 Å². The minimum atomic E-state index is 0.0335. The summed E-state index contributed by atoms with van der Waals surface area (Å²) in [6, 6.07) is 9.37. The number of piperidine rings is 1. The van der Waals surface area contributed by atoms with Gasteiger partial charge in [0.05, 0.1) is 0 Å². The molecule has 0 aromatic heterocycles. The van der Waals surface area contributed by atoms with Crippen molar-refractivity contribution in [2.75, 3.05) is 19.6 Å². The molecule has 0 spiro atoms. The Morgan fingerprint density at radius 1 is 1.38 bits per heavy atom. The second-order valence-electron chi connectivity index (χ2n) is 4.29. The summed E-state index contributed by atoms with van der Waals surface area (Å²) in [4.78, 5) is 11.8. The summed E-state index contributed by atoms with van der Waals surface area (Å²) in [5.74, 6) is 0.618. The van der Waals surface area contributed by atoms with Gasteiger partial charge in [0.25, 0.3) is 5.91 Å². The van der Waals surface area contributed by atoms with Gasteiger partial charge in [0, 0.05) is 12.1 Å². The minimum Gasteiger partial charge on any atom is -0.352 e. The van der Waals surface area contributed by atoms with Crippen LogP contribution in [0.25, 0.3) is 0 Å². The number of rotatable bonds is 3. The number of hydrogen-bond donors (Lipinski definition) is 2. The molecule has 2 N–H and O–H groups in total. The first kappa shape index (κ1) is 11.1. The molecule has 86 valence electrons. The smallest absolute Gasteiger partial charge is 0.251 e. The van der Waals surface area contributed by atoms with Crippen LogP contribution in [0.3, 0.4) is 0 Å². The van der Waals surface area contributed by atoms with E-state index in [1.54, 1.807) is 0 Å². The molecule has 1 aliphatic heterocycles. The number of amides is 1. The molecule has 1 aromatic carbocycles. The highest BCUT2D eigenvalue weighted by atomic mass is 16.1. The second kappa shape index (κ2) is 5.66. The standard InChI is InChI=1S/C13H18N2O/c16-13(12-6-2-1-3-7-12)15-10-11-5-4-8-14-9-11/h1-3,6-7,11,14H,4-5,8-10H2,(H,15,16). The van der Waals surface area contributed by atoms with Gasteiger partial charge < -0.3 is 10.6 Å². The Balaban J connectivity index is 1.79. The molecular weight excluding hydrogens is 200 g/mol. The van der Waals surface area contributed by atoms with Crippen LogP contribution >= 0.6 is 0 Å². The quantitative estimate of drug-likeness (QED) is 0.805. The van der Waals surface area contributed by atoms with Gasteiger partial charge in [-0.3, -0.25) is 4.79 Å². The van der Waals surface area contributed by atoms with Gasteiger partial charge in [0.2, 0.25) is 0 Å². The zero-order valence-electron chi connectivity index (χ0n) is 9.41. The van der Waals surface area contributed by atoms with Gasteiger partial charge in [-0.2, -0.15) is 0 Å². The van der Waals surface area contributed by atoms with Gasteiger partial charge in [0.15, 0.2) is 0 Å². The molecule has 1 heterocycles. The molecule has 1 fully saturated rings. The van der Waals surface area contributed by atoms with Crippen molar-refractivity contribution in [1.29, 1.82) is 0 Å². The van der Waals surface area contributed by atoms with Crippen LogP contribution in [-0.2, 0) is 0 Å². The first-order valence-electron chi connectivity index (χ1n) is 5.90. The van der Waals surface area contributed by atoms with Crippen molar-refractivity contribution < 1.29 is 4.79 Å². The molecule has 1 saturated heterocycles. The predicted octanol–water partition coefficient (Wildman–Crippen LogP) is 1.42. The highest BCUT2D eigenvalue weighted by Crippen LogP contribution is 2.08. The molecular formula is C13H18N2O. The maximum absolute atomic E-state index is 11.8. The van der Waals surface area contributed by atoms with E-state index in [0.717, 1.165) is 25.2 Å². The first-order chi connectivity index (χ1) is 7.86. The Kier molecular flexibility index (Phi) is 3.94. The fraction of sp³-hybridized carbons (Fsp3) is 0.462. The molecule has 0 bridgehead atoms. The van der Waals surface area contributed by atoms with Crippen molar-refractivity contribution in [3.05, 3.63) is 35.9 Å². The third kappa shape index (κ3) is 3.07. The van der Waals surface area contributed by atoms with Crippen LogP contribution in [0.2, 0.25) is 0 Å². The van der Waals surface area contributed by atoms with Crippen molar-refractivity contribution in [1.82, 2.24) is 10.6 Å². The molecule has 16 heavy (non-hydrogen) atoms. The fourth-order valence-corrected chi connectivity index (χ4v) is 2.03. The van der Waals surface area contributed by atoms with Crippen LogP contribution < -0.4 is 10.6 Å². The minimum absolute atomic E-state index is 0.0335. The van der Waals surface area contributed by atoms with E-state index in [1.165, 1.54) is 12.8 Å². The summed E-state index contributed by atoms with van der Waals surface area (Å²) in [5, 5.41) is 6.34. The van der Waals surface area contributed by atoms with Gasteiger partial charge >= 0.3 is 0 Å². The lowest BCUT2D eigenvalue weighted by molar-refractivity contribution is 0.0945. The average Bonchev–Trinajstić information content (AvgIpc) is 2.38. The third-order valence-electron chi connectivity index (χ3n) is 2.99. The highest BCUT2D eigenvalue weighted by Gasteiger charge is 2.14. The number of benzene rings is 1. The van der Waals surface area contributed by atoms with Gasteiger partial charge in [-0.25, -0.2) is 0 Å². The fourth-order valence-electron chi connectivity index (χ4n) is 2.03. The zero-order chi connectivity index (χ0) is 11.2. The first-order valence-corrected chi connectivity index (χ1v) is 5.90. The lowest BCUT2D eigenvalue weighted by Gasteiger charge is -2.22. The molecule has 0 aliphatic carbocycles. The number of hydrogen-bond acceptors (Lipinski definition) is 2. The summed E-state index contributed by atoms with van der Waals surface area (Å²) < 4.78 is 0. The van der Waals surface area contributed by atoms with Crippen LogP contribution in [-0.4, -0.2) is 25.5 Å². The molecule has 1 amide bonds. The topological polar surface area (TPSA) is 41.1 Å². The van der Waals surface area contributed by atoms with Crippen LogP contribution in [0.5, 0.6) is 0 Å². The lowest BCUT2D eigenvalue weighted by Crippen LogP contribution is -2.38. The maximum Gasteiger partial charge on any atom is 0.251 e. The number of nitrogens with one attached hydrogen (secondary N) is 2. The average molecular weight is 218 g/mol. The zero-order valence-corrected chi connectivity index (χ0v) is 9.41. The summed E-state index contributed by atoms with van der Waals surface area (Å²) >= 11 is 0. The van der Waals surface area contributed by atoms with Gasteiger partial charge in [0.1, 0.15) is 0 Å². The summed E-state index contributed by atoms with van der Waals surface area (Å²) in [7, 11) is 0. The van der Waals surface area contributed by atoms with E-state index < -0.39 is 0 Å². The molecule has 0 radical (unpaired) electrons. The van der Waals surface area contributed by atoms with E-state index in [-0.39, 0.29) is 5.91 Å². The molecule has 1 atom stereocenters. The van der Waals surface area contributed by atoms with E-state index in [9.17, 15) is 4.79 Å². The Morgan fingerprint density at radius 3 is 2.88 bits per heavy atom.